The number of nitrogens with zero attached hydrogens (tertiary/aromatic N) is 2. The summed E-state index contributed by atoms with van der Waals surface area (Å²) in [6, 6.07) is 0. The summed E-state index contributed by atoms with van der Waals surface area (Å²) in [5.74, 6) is 0.197. The highest BCUT2D eigenvalue weighted by molar-refractivity contribution is 5.36. The van der Waals surface area contributed by atoms with E-state index in [9.17, 15) is 4.39 Å². The van der Waals surface area contributed by atoms with Crippen molar-refractivity contribution in [1.29, 1.82) is 0 Å². The maximum atomic E-state index is 13.6. The first-order valence-electron chi connectivity index (χ1n) is 6.00. The van der Waals surface area contributed by atoms with Crippen LogP contribution in [0.2, 0.25) is 0 Å². The first-order chi connectivity index (χ1) is 8.19. The largest absolute Gasteiger partial charge is 0.396 e. The predicted octanol–water partition coefficient (Wildman–Crippen LogP) is 2.13. The molecular formula is C12H20FN3O. The molecule has 1 aromatic heterocycles. The van der Waals surface area contributed by atoms with Crippen LogP contribution >= 0.6 is 0 Å². The summed E-state index contributed by atoms with van der Waals surface area (Å²) in [4.78, 5) is 7.64. The van der Waals surface area contributed by atoms with Crippen molar-refractivity contribution in [3.8, 4) is 0 Å². The SMILES string of the molecule is CCCC(CCO)CNc1ncnc(C)c1F. The third-order valence-electron chi connectivity index (χ3n) is 2.76. The Hall–Kier alpha value is -1.23. The number of aryl methyl sites for hydroxylation is 1. The molecule has 0 radical (unpaired) electrons. The summed E-state index contributed by atoms with van der Waals surface area (Å²) >= 11 is 0. The van der Waals surface area contributed by atoms with E-state index in [-0.39, 0.29) is 12.4 Å². The lowest BCUT2D eigenvalue weighted by Gasteiger charge is -2.16. The van der Waals surface area contributed by atoms with Gasteiger partial charge in [0.1, 0.15) is 6.33 Å². The molecule has 2 N–H and O–H groups in total. The number of aromatic nitrogens is 2. The molecule has 1 heterocycles. The number of rotatable bonds is 7. The molecule has 1 rings (SSSR count). The van der Waals surface area contributed by atoms with Crippen molar-refractivity contribution < 1.29 is 9.50 Å². The second-order valence-electron chi connectivity index (χ2n) is 4.17. The molecule has 0 saturated carbocycles. The van der Waals surface area contributed by atoms with Gasteiger partial charge in [-0.15, -0.1) is 0 Å². The smallest absolute Gasteiger partial charge is 0.186 e. The van der Waals surface area contributed by atoms with Crippen LogP contribution in [0.25, 0.3) is 0 Å². The molecule has 0 aliphatic heterocycles. The van der Waals surface area contributed by atoms with E-state index in [4.69, 9.17) is 5.11 Å². The van der Waals surface area contributed by atoms with Crippen LogP contribution in [0.1, 0.15) is 31.9 Å². The van der Waals surface area contributed by atoms with Gasteiger partial charge in [0.15, 0.2) is 11.6 Å². The lowest BCUT2D eigenvalue weighted by Crippen LogP contribution is -2.17. The summed E-state index contributed by atoms with van der Waals surface area (Å²) in [7, 11) is 0. The van der Waals surface area contributed by atoms with Crippen molar-refractivity contribution in [2.24, 2.45) is 5.92 Å². The van der Waals surface area contributed by atoms with Crippen molar-refractivity contribution in [3.05, 3.63) is 17.8 Å². The number of hydrogen-bond donors (Lipinski definition) is 2. The Morgan fingerprint density at radius 3 is 2.82 bits per heavy atom. The summed E-state index contributed by atoms with van der Waals surface area (Å²) < 4.78 is 13.6. The summed E-state index contributed by atoms with van der Waals surface area (Å²) in [5, 5.41) is 11.9. The fourth-order valence-corrected chi connectivity index (χ4v) is 1.76. The van der Waals surface area contributed by atoms with E-state index in [0.717, 1.165) is 19.3 Å². The van der Waals surface area contributed by atoms with Crippen LogP contribution < -0.4 is 5.32 Å². The van der Waals surface area contributed by atoms with Gasteiger partial charge < -0.3 is 10.4 Å². The lowest BCUT2D eigenvalue weighted by molar-refractivity contribution is 0.255. The second kappa shape index (κ2) is 7.17. The zero-order chi connectivity index (χ0) is 12.7. The van der Waals surface area contributed by atoms with Crippen molar-refractivity contribution in [2.45, 2.75) is 33.1 Å². The highest BCUT2D eigenvalue weighted by atomic mass is 19.1. The molecule has 96 valence electrons. The van der Waals surface area contributed by atoms with E-state index in [2.05, 4.69) is 22.2 Å². The molecule has 0 bridgehead atoms. The van der Waals surface area contributed by atoms with Gasteiger partial charge in [0.25, 0.3) is 0 Å². The van der Waals surface area contributed by atoms with Crippen LogP contribution in [0.4, 0.5) is 10.2 Å². The van der Waals surface area contributed by atoms with Gasteiger partial charge in [-0.25, -0.2) is 14.4 Å². The molecule has 4 nitrogen and oxygen atoms in total. The Bertz CT molecular complexity index is 341. The van der Waals surface area contributed by atoms with E-state index >= 15 is 0 Å². The summed E-state index contributed by atoms with van der Waals surface area (Å²) in [5.41, 5.74) is 0.344. The van der Waals surface area contributed by atoms with Crippen molar-refractivity contribution in [3.63, 3.8) is 0 Å². The molecule has 1 atom stereocenters. The zero-order valence-electron chi connectivity index (χ0n) is 10.4. The monoisotopic (exact) mass is 241 g/mol. The average Bonchev–Trinajstić information content (AvgIpc) is 2.31. The van der Waals surface area contributed by atoms with E-state index < -0.39 is 5.82 Å². The maximum Gasteiger partial charge on any atom is 0.186 e. The van der Waals surface area contributed by atoms with E-state index in [1.807, 2.05) is 0 Å². The van der Waals surface area contributed by atoms with E-state index in [0.29, 0.717) is 18.2 Å². The summed E-state index contributed by atoms with van der Waals surface area (Å²) in [6.07, 6.45) is 4.14. The highest BCUT2D eigenvalue weighted by Crippen LogP contribution is 2.15. The minimum Gasteiger partial charge on any atom is -0.396 e. The molecule has 0 aliphatic carbocycles. The Kier molecular flexibility index (Phi) is 5.83. The molecular weight excluding hydrogens is 221 g/mol. The second-order valence-corrected chi connectivity index (χ2v) is 4.17. The highest BCUT2D eigenvalue weighted by Gasteiger charge is 2.11. The van der Waals surface area contributed by atoms with Crippen LogP contribution in [0.15, 0.2) is 6.33 Å². The fraction of sp³-hybridized carbons (Fsp3) is 0.667. The standard InChI is InChI=1S/C12H20FN3O/c1-3-4-10(5-6-17)7-14-12-11(13)9(2)15-8-16-12/h8,10,17H,3-7H2,1-2H3,(H,14,15,16). The van der Waals surface area contributed by atoms with E-state index in [1.54, 1.807) is 6.92 Å². The number of aliphatic hydroxyl groups excluding tert-OH is 1. The Balaban J connectivity index is 2.55. The van der Waals surface area contributed by atoms with Gasteiger partial charge in [-0.05, 0) is 25.7 Å². The zero-order valence-corrected chi connectivity index (χ0v) is 10.4. The van der Waals surface area contributed by atoms with E-state index in [1.165, 1.54) is 6.33 Å². The third kappa shape index (κ3) is 4.26. The van der Waals surface area contributed by atoms with Crippen molar-refractivity contribution in [2.75, 3.05) is 18.5 Å². The molecule has 1 aromatic rings. The van der Waals surface area contributed by atoms with Crippen LogP contribution in [0.5, 0.6) is 0 Å². The molecule has 0 fully saturated rings. The first kappa shape index (κ1) is 13.8. The predicted molar refractivity (Wildman–Crippen MR) is 65.3 cm³/mol. The van der Waals surface area contributed by atoms with Gasteiger partial charge in [0, 0.05) is 13.2 Å². The lowest BCUT2D eigenvalue weighted by atomic mass is 10.0. The van der Waals surface area contributed by atoms with Crippen molar-refractivity contribution >= 4 is 5.82 Å². The van der Waals surface area contributed by atoms with Crippen LogP contribution in [-0.2, 0) is 0 Å². The molecule has 0 saturated heterocycles. The van der Waals surface area contributed by atoms with Gasteiger partial charge in [-0.3, -0.25) is 0 Å². The molecule has 0 amide bonds. The topological polar surface area (TPSA) is 58.0 Å². The number of hydrogen-bond acceptors (Lipinski definition) is 4. The number of halogens is 1. The minimum absolute atomic E-state index is 0.164. The quantitative estimate of drug-likeness (QED) is 0.768. The van der Waals surface area contributed by atoms with Gasteiger partial charge in [0.05, 0.1) is 5.69 Å². The third-order valence-corrected chi connectivity index (χ3v) is 2.76. The number of aliphatic hydroxyl groups is 1. The number of anilines is 1. The fourth-order valence-electron chi connectivity index (χ4n) is 1.76. The Labute approximate surface area is 101 Å². The maximum absolute atomic E-state index is 13.6. The molecule has 5 heteroatoms. The van der Waals surface area contributed by atoms with Crippen LogP contribution in [-0.4, -0.2) is 28.2 Å². The van der Waals surface area contributed by atoms with Gasteiger partial charge in [-0.2, -0.15) is 0 Å². The molecule has 17 heavy (non-hydrogen) atoms. The molecule has 0 aromatic carbocycles. The van der Waals surface area contributed by atoms with Gasteiger partial charge in [-0.1, -0.05) is 13.3 Å². The van der Waals surface area contributed by atoms with Crippen LogP contribution in [0.3, 0.4) is 0 Å². The van der Waals surface area contributed by atoms with Crippen molar-refractivity contribution in [1.82, 2.24) is 9.97 Å². The van der Waals surface area contributed by atoms with Gasteiger partial charge >= 0.3 is 0 Å². The van der Waals surface area contributed by atoms with Gasteiger partial charge in [0.2, 0.25) is 0 Å². The molecule has 0 spiro atoms. The first-order valence-corrected chi connectivity index (χ1v) is 6.00. The Morgan fingerprint density at radius 1 is 1.41 bits per heavy atom. The molecule has 0 aliphatic rings. The van der Waals surface area contributed by atoms with Crippen LogP contribution in [0, 0.1) is 18.7 Å². The normalized spacial score (nSPS) is 12.5. The summed E-state index contributed by atoms with van der Waals surface area (Å²) in [6.45, 7) is 4.50. The molecule has 1 unspecified atom stereocenters. The Morgan fingerprint density at radius 2 is 2.18 bits per heavy atom. The number of nitrogens with one attached hydrogen (secondary N) is 1. The minimum atomic E-state index is -0.397. The average molecular weight is 241 g/mol.